The van der Waals surface area contributed by atoms with Crippen molar-refractivity contribution in [2.45, 2.75) is 92.4 Å². The van der Waals surface area contributed by atoms with Crippen LogP contribution in [0.3, 0.4) is 0 Å². The quantitative estimate of drug-likeness (QED) is 0.393. The lowest BCUT2D eigenvalue weighted by Gasteiger charge is -2.33. The van der Waals surface area contributed by atoms with Crippen molar-refractivity contribution < 1.29 is 0 Å². The molecular weight excluding hydrogens is 264 g/mol. The van der Waals surface area contributed by atoms with E-state index in [1.165, 1.54) is 57.8 Å². The molecule has 0 aromatic rings. The highest BCUT2D eigenvalue weighted by Gasteiger charge is 2.48. The Kier molecular flexibility index (Phi) is 7.03. The van der Waals surface area contributed by atoms with Crippen molar-refractivity contribution in [1.29, 1.82) is 0 Å². The Morgan fingerprint density at radius 3 is 2.36 bits per heavy atom. The first kappa shape index (κ1) is 18.1. The van der Waals surface area contributed by atoms with Crippen LogP contribution in [0, 0.1) is 35.5 Å². The summed E-state index contributed by atoms with van der Waals surface area (Å²) >= 11 is 0. The maximum atomic E-state index is 2.45. The van der Waals surface area contributed by atoms with Crippen LogP contribution in [-0.2, 0) is 0 Å². The summed E-state index contributed by atoms with van der Waals surface area (Å²) in [5.74, 6) is 5.91. The molecule has 0 radical (unpaired) electrons. The third-order valence-corrected chi connectivity index (χ3v) is 6.82. The van der Waals surface area contributed by atoms with E-state index in [9.17, 15) is 0 Å². The third-order valence-electron chi connectivity index (χ3n) is 6.82. The lowest BCUT2D eigenvalue weighted by atomic mass is 9.72. The van der Waals surface area contributed by atoms with Gasteiger partial charge in [-0.2, -0.15) is 0 Å². The van der Waals surface area contributed by atoms with Gasteiger partial charge >= 0.3 is 0 Å². The molecule has 2 aliphatic carbocycles. The highest BCUT2D eigenvalue weighted by Crippen LogP contribution is 2.58. The second-order valence-corrected chi connectivity index (χ2v) is 8.77. The molecule has 0 nitrogen and oxygen atoms in total. The minimum absolute atomic E-state index is 0.878. The van der Waals surface area contributed by atoms with Gasteiger partial charge in [-0.15, -0.1) is 0 Å². The predicted molar refractivity (Wildman–Crippen MR) is 98.9 cm³/mol. The van der Waals surface area contributed by atoms with Crippen molar-refractivity contribution in [2.24, 2.45) is 35.5 Å². The van der Waals surface area contributed by atoms with E-state index in [1.807, 2.05) is 5.57 Å². The van der Waals surface area contributed by atoms with Crippen LogP contribution in [0.1, 0.15) is 92.4 Å². The molecule has 0 heteroatoms. The fraction of sp³-hybridized carbons (Fsp3) is 0.909. The Balaban J connectivity index is 1.88. The van der Waals surface area contributed by atoms with Crippen LogP contribution in [0.4, 0.5) is 0 Å². The van der Waals surface area contributed by atoms with Gasteiger partial charge in [-0.3, -0.25) is 0 Å². The fourth-order valence-corrected chi connectivity index (χ4v) is 5.30. The van der Waals surface area contributed by atoms with Gasteiger partial charge in [0.05, 0.1) is 0 Å². The zero-order chi connectivity index (χ0) is 16.1. The molecular formula is C22H40. The molecule has 0 saturated heterocycles. The van der Waals surface area contributed by atoms with Crippen LogP contribution in [0.15, 0.2) is 11.6 Å². The SMILES string of the molecule is C/C=C1\CC2CC1C(CCCC(C)C)C2CCCC(C)CC. The summed E-state index contributed by atoms with van der Waals surface area (Å²) < 4.78 is 0. The largest absolute Gasteiger partial charge is 0.0882 e. The van der Waals surface area contributed by atoms with Gasteiger partial charge in [-0.25, -0.2) is 0 Å². The number of rotatable bonds is 9. The molecule has 0 aromatic heterocycles. The van der Waals surface area contributed by atoms with Crippen LogP contribution in [-0.4, -0.2) is 0 Å². The molecule has 0 aromatic carbocycles. The molecule has 2 saturated carbocycles. The Labute approximate surface area is 140 Å². The van der Waals surface area contributed by atoms with Gasteiger partial charge in [-0.1, -0.05) is 71.4 Å². The van der Waals surface area contributed by atoms with Crippen molar-refractivity contribution in [3.63, 3.8) is 0 Å². The summed E-state index contributed by atoms with van der Waals surface area (Å²) in [6.45, 7) is 11.8. The lowest BCUT2D eigenvalue weighted by Crippen LogP contribution is -2.24. The second-order valence-electron chi connectivity index (χ2n) is 8.77. The normalized spacial score (nSPS) is 34.0. The zero-order valence-corrected chi connectivity index (χ0v) is 15.9. The summed E-state index contributed by atoms with van der Waals surface area (Å²) in [7, 11) is 0. The van der Waals surface area contributed by atoms with E-state index in [1.54, 1.807) is 0 Å². The average molecular weight is 305 g/mol. The van der Waals surface area contributed by atoms with E-state index < -0.39 is 0 Å². The van der Waals surface area contributed by atoms with Crippen LogP contribution in [0.2, 0.25) is 0 Å². The molecule has 5 unspecified atom stereocenters. The van der Waals surface area contributed by atoms with Gasteiger partial charge in [0, 0.05) is 0 Å². The molecule has 22 heavy (non-hydrogen) atoms. The molecule has 2 rings (SSSR count). The number of allylic oxidation sites excluding steroid dienone is 2. The highest BCUT2D eigenvalue weighted by molar-refractivity contribution is 5.20. The van der Waals surface area contributed by atoms with E-state index in [2.05, 4.69) is 40.7 Å². The number of hydrogen-bond acceptors (Lipinski definition) is 0. The van der Waals surface area contributed by atoms with E-state index in [4.69, 9.17) is 0 Å². The van der Waals surface area contributed by atoms with E-state index in [0.717, 1.165) is 35.5 Å². The minimum Gasteiger partial charge on any atom is -0.0882 e. The maximum Gasteiger partial charge on any atom is -0.0169 e. The summed E-state index contributed by atoms with van der Waals surface area (Å²) in [6, 6.07) is 0. The first-order valence-electron chi connectivity index (χ1n) is 10.2. The van der Waals surface area contributed by atoms with E-state index in [-0.39, 0.29) is 0 Å². The third kappa shape index (κ3) is 4.39. The number of fused-ring (bicyclic) bond motifs is 2. The fourth-order valence-electron chi connectivity index (χ4n) is 5.30. The minimum atomic E-state index is 0.878. The summed E-state index contributed by atoms with van der Waals surface area (Å²) in [5.41, 5.74) is 1.82. The van der Waals surface area contributed by atoms with Crippen molar-refractivity contribution in [3.05, 3.63) is 11.6 Å². The van der Waals surface area contributed by atoms with Crippen LogP contribution in [0.5, 0.6) is 0 Å². The molecule has 0 amide bonds. The monoisotopic (exact) mass is 304 g/mol. The summed E-state index contributed by atoms with van der Waals surface area (Å²) in [4.78, 5) is 0. The first-order valence-corrected chi connectivity index (χ1v) is 10.2. The molecule has 0 aliphatic heterocycles. The van der Waals surface area contributed by atoms with Gasteiger partial charge in [0.15, 0.2) is 0 Å². The van der Waals surface area contributed by atoms with Crippen molar-refractivity contribution >= 4 is 0 Å². The Morgan fingerprint density at radius 1 is 1.05 bits per heavy atom. The maximum absolute atomic E-state index is 2.45. The molecule has 0 spiro atoms. The molecule has 2 aliphatic rings. The molecule has 0 N–H and O–H groups in total. The van der Waals surface area contributed by atoms with Gasteiger partial charge < -0.3 is 0 Å². The van der Waals surface area contributed by atoms with Crippen LogP contribution < -0.4 is 0 Å². The molecule has 2 bridgehead atoms. The number of hydrogen-bond donors (Lipinski definition) is 0. The van der Waals surface area contributed by atoms with Gasteiger partial charge in [0.2, 0.25) is 0 Å². The molecule has 5 atom stereocenters. The lowest BCUT2D eigenvalue weighted by molar-refractivity contribution is 0.216. The van der Waals surface area contributed by atoms with Gasteiger partial charge in [-0.05, 0) is 68.1 Å². The van der Waals surface area contributed by atoms with Crippen molar-refractivity contribution in [1.82, 2.24) is 0 Å². The standard InChI is InChI=1S/C22H40/c1-6-17(5)11-9-12-20-19-14-18(7-2)22(15-19)21(20)13-8-10-16(3)4/h7,16-17,19-22H,6,8-15H2,1-5H3/b18-7+. The highest BCUT2D eigenvalue weighted by atomic mass is 14.5. The Morgan fingerprint density at radius 2 is 1.73 bits per heavy atom. The first-order chi connectivity index (χ1) is 10.6. The molecule has 2 fully saturated rings. The molecule has 128 valence electrons. The predicted octanol–water partition coefficient (Wildman–Crippen LogP) is 7.25. The van der Waals surface area contributed by atoms with Crippen LogP contribution in [0.25, 0.3) is 0 Å². The van der Waals surface area contributed by atoms with Crippen molar-refractivity contribution in [2.75, 3.05) is 0 Å². The van der Waals surface area contributed by atoms with E-state index in [0.29, 0.717) is 0 Å². The summed E-state index contributed by atoms with van der Waals surface area (Å²) in [6.07, 6.45) is 15.6. The summed E-state index contributed by atoms with van der Waals surface area (Å²) in [5, 5.41) is 0. The van der Waals surface area contributed by atoms with Crippen molar-refractivity contribution in [3.8, 4) is 0 Å². The average Bonchev–Trinajstić information content (AvgIpc) is 3.05. The Hall–Kier alpha value is -0.260. The van der Waals surface area contributed by atoms with E-state index >= 15 is 0 Å². The van der Waals surface area contributed by atoms with Gasteiger partial charge in [0.1, 0.15) is 0 Å². The topological polar surface area (TPSA) is 0 Å². The Bertz CT molecular complexity index is 351. The molecule has 0 heterocycles. The smallest absolute Gasteiger partial charge is 0.0169 e. The zero-order valence-electron chi connectivity index (χ0n) is 15.9. The van der Waals surface area contributed by atoms with Crippen LogP contribution >= 0.6 is 0 Å². The second kappa shape index (κ2) is 8.55. The van der Waals surface area contributed by atoms with Gasteiger partial charge in [0.25, 0.3) is 0 Å².